The molecule has 8 heteroatoms. The molecule has 7 nitrogen and oxygen atoms in total. The van der Waals surface area contributed by atoms with Gasteiger partial charge < -0.3 is 10.6 Å². The van der Waals surface area contributed by atoms with Crippen molar-refractivity contribution in [3.8, 4) is 0 Å². The molecule has 3 heterocycles. The van der Waals surface area contributed by atoms with Gasteiger partial charge in [0.15, 0.2) is 5.16 Å². The summed E-state index contributed by atoms with van der Waals surface area (Å²) < 4.78 is 2.34. The number of para-hydroxylation sites is 1. The standard InChI is InChI=1S/C20H25N7S/c1-13-8-10-26(11-9-13)19-24-25-20(27(19)14-6-7-14)28-12-17-22-16-5-3-2-4-15(16)18(21)23-17/h2-5,13-14H,6-12H2,1H3,(H2,21,22,23). The molecule has 0 atom stereocenters. The number of rotatable bonds is 5. The second-order valence-electron chi connectivity index (χ2n) is 7.88. The number of benzene rings is 1. The van der Waals surface area contributed by atoms with Crippen molar-refractivity contribution >= 4 is 34.4 Å². The molecule has 3 aromatic rings. The first kappa shape index (κ1) is 17.7. The third kappa shape index (κ3) is 3.41. The molecule has 2 fully saturated rings. The highest BCUT2D eigenvalue weighted by atomic mass is 32.2. The van der Waals surface area contributed by atoms with E-state index in [1.807, 2.05) is 24.3 Å². The van der Waals surface area contributed by atoms with Crippen molar-refractivity contribution < 1.29 is 0 Å². The molecule has 146 valence electrons. The van der Waals surface area contributed by atoms with E-state index in [0.29, 0.717) is 17.6 Å². The van der Waals surface area contributed by atoms with Crippen LogP contribution in [0.4, 0.5) is 11.8 Å². The highest BCUT2D eigenvalue weighted by Gasteiger charge is 2.32. The van der Waals surface area contributed by atoms with Gasteiger partial charge in [-0.3, -0.25) is 4.57 Å². The minimum atomic E-state index is 0.535. The third-order valence-corrected chi connectivity index (χ3v) is 6.57. The van der Waals surface area contributed by atoms with Crippen molar-refractivity contribution in [1.29, 1.82) is 0 Å². The Morgan fingerprint density at radius 3 is 2.64 bits per heavy atom. The van der Waals surface area contributed by atoms with Crippen molar-refractivity contribution in [1.82, 2.24) is 24.7 Å². The zero-order valence-electron chi connectivity index (χ0n) is 16.1. The first-order chi connectivity index (χ1) is 13.7. The van der Waals surface area contributed by atoms with E-state index < -0.39 is 0 Å². The fourth-order valence-corrected chi connectivity index (χ4v) is 4.64. The number of nitrogens with zero attached hydrogens (tertiary/aromatic N) is 6. The Bertz CT molecular complexity index is 989. The fraction of sp³-hybridized carbons (Fsp3) is 0.500. The third-order valence-electron chi connectivity index (χ3n) is 5.63. The van der Waals surface area contributed by atoms with Crippen LogP contribution in [0.5, 0.6) is 0 Å². The van der Waals surface area contributed by atoms with Crippen molar-refractivity contribution in [3.05, 3.63) is 30.1 Å². The summed E-state index contributed by atoms with van der Waals surface area (Å²) in [5.41, 5.74) is 7.01. The number of nitrogen functional groups attached to an aromatic ring is 1. The number of aromatic nitrogens is 5. The van der Waals surface area contributed by atoms with Crippen LogP contribution in [0.15, 0.2) is 29.4 Å². The average molecular weight is 396 g/mol. The van der Waals surface area contributed by atoms with Crippen LogP contribution in [-0.2, 0) is 5.75 Å². The van der Waals surface area contributed by atoms with Crippen LogP contribution in [0.3, 0.4) is 0 Å². The summed E-state index contributed by atoms with van der Waals surface area (Å²) in [5, 5.41) is 10.9. The summed E-state index contributed by atoms with van der Waals surface area (Å²) in [6.45, 7) is 4.47. The molecule has 0 radical (unpaired) electrons. The van der Waals surface area contributed by atoms with Crippen LogP contribution >= 0.6 is 11.8 Å². The van der Waals surface area contributed by atoms with E-state index >= 15 is 0 Å². The summed E-state index contributed by atoms with van der Waals surface area (Å²) in [7, 11) is 0. The Morgan fingerprint density at radius 1 is 1.07 bits per heavy atom. The number of nitrogens with two attached hydrogens (primary N) is 1. The van der Waals surface area contributed by atoms with Crippen LogP contribution in [0.25, 0.3) is 10.9 Å². The largest absolute Gasteiger partial charge is 0.383 e. The van der Waals surface area contributed by atoms with Crippen molar-refractivity contribution in [2.45, 2.75) is 49.6 Å². The van der Waals surface area contributed by atoms with E-state index in [9.17, 15) is 0 Å². The van der Waals surface area contributed by atoms with Gasteiger partial charge in [-0.05, 0) is 43.7 Å². The molecule has 1 aliphatic carbocycles. The van der Waals surface area contributed by atoms with Gasteiger partial charge in [-0.1, -0.05) is 30.8 Å². The van der Waals surface area contributed by atoms with E-state index in [1.165, 1.54) is 25.7 Å². The lowest BCUT2D eigenvalue weighted by Crippen LogP contribution is -2.34. The normalized spacial score (nSPS) is 18.1. The molecule has 0 bridgehead atoms. The van der Waals surface area contributed by atoms with Crippen LogP contribution in [0, 0.1) is 5.92 Å². The van der Waals surface area contributed by atoms with E-state index in [0.717, 1.165) is 46.8 Å². The van der Waals surface area contributed by atoms with E-state index in [-0.39, 0.29) is 0 Å². The lowest BCUT2D eigenvalue weighted by atomic mass is 10.00. The maximum Gasteiger partial charge on any atom is 0.228 e. The van der Waals surface area contributed by atoms with Crippen LogP contribution in [-0.4, -0.2) is 37.8 Å². The zero-order valence-corrected chi connectivity index (χ0v) is 16.9. The van der Waals surface area contributed by atoms with Gasteiger partial charge in [0.05, 0.1) is 11.3 Å². The highest BCUT2D eigenvalue weighted by molar-refractivity contribution is 7.98. The molecule has 0 unspecified atom stereocenters. The predicted octanol–water partition coefficient (Wildman–Crippen LogP) is 3.67. The Hall–Kier alpha value is -2.35. The molecular formula is C20H25N7S. The maximum atomic E-state index is 6.13. The Labute approximate surface area is 168 Å². The van der Waals surface area contributed by atoms with Crippen molar-refractivity contribution in [3.63, 3.8) is 0 Å². The average Bonchev–Trinajstić information content (AvgIpc) is 3.46. The molecule has 1 aromatic carbocycles. The van der Waals surface area contributed by atoms with Gasteiger partial charge in [-0.2, -0.15) is 0 Å². The second kappa shape index (κ2) is 7.24. The Balaban J connectivity index is 1.37. The number of piperidine rings is 1. The number of thioether (sulfide) groups is 1. The van der Waals surface area contributed by atoms with Gasteiger partial charge in [-0.25, -0.2) is 9.97 Å². The molecule has 1 aliphatic heterocycles. The van der Waals surface area contributed by atoms with Gasteiger partial charge in [0.1, 0.15) is 11.6 Å². The lowest BCUT2D eigenvalue weighted by Gasteiger charge is -2.31. The highest BCUT2D eigenvalue weighted by Crippen LogP contribution is 2.41. The first-order valence-corrected chi connectivity index (χ1v) is 11.0. The van der Waals surface area contributed by atoms with Crippen LogP contribution in [0.2, 0.25) is 0 Å². The summed E-state index contributed by atoms with van der Waals surface area (Å²) in [4.78, 5) is 11.6. The molecule has 2 N–H and O–H groups in total. The Kier molecular flexibility index (Phi) is 4.58. The summed E-state index contributed by atoms with van der Waals surface area (Å²) in [6, 6.07) is 8.40. The second-order valence-corrected chi connectivity index (χ2v) is 8.83. The lowest BCUT2D eigenvalue weighted by molar-refractivity contribution is 0.429. The molecule has 2 aromatic heterocycles. The SMILES string of the molecule is CC1CCN(c2nnc(SCc3nc(N)c4ccccc4n3)n2C2CC2)CC1. The van der Waals surface area contributed by atoms with Gasteiger partial charge in [-0.15, -0.1) is 10.2 Å². The van der Waals surface area contributed by atoms with Gasteiger partial charge in [0.25, 0.3) is 0 Å². The summed E-state index contributed by atoms with van der Waals surface area (Å²) >= 11 is 1.65. The smallest absolute Gasteiger partial charge is 0.228 e. The van der Waals surface area contributed by atoms with E-state index in [1.54, 1.807) is 11.8 Å². The summed E-state index contributed by atoms with van der Waals surface area (Å²) in [6.07, 6.45) is 4.87. The molecule has 2 aliphatic rings. The van der Waals surface area contributed by atoms with Gasteiger partial charge in [0.2, 0.25) is 5.95 Å². The molecular weight excluding hydrogens is 370 g/mol. The maximum absolute atomic E-state index is 6.13. The predicted molar refractivity (Wildman–Crippen MR) is 112 cm³/mol. The van der Waals surface area contributed by atoms with E-state index in [4.69, 9.17) is 5.73 Å². The molecule has 0 spiro atoms. The van der Waals surface area contributed by atoms with Crippen LogP contribution in [0.1, 0.15) is 44.5 Å². The number of hydrogen-bond donors (Lipinski definition) is 1. The minimum Gasteiger partial charge on any atom is -0.383 e. The van der Waals surface area contributed by atoms with Crippen LogP contribution < -0.4 is 10.6 Å². The van der Waals surface area contributed by atoms with Crippen molar-refractivity contribution in [2.75, 3.05) is 23.7 Å². The number of fused-ring (bicyclic) bond motifs is 1. The Morgan fingerprint density at radius 2 is 1.86 bits per heavy atom. The first-order valence-electron chi connectivity index (χ1n) is 10.0. The molecule has 28 heavy (non-hydrogen) atoms. The van der Waals surface area contributed by atoms with Gasteiger partial charge in [0, 0.05) is 24.5 Å². The zero-order chi connectivity index (χ0) is 19.1. The molecule has 1 saturated heterocycles. The monoisotopic (exact) mass is 395 g/mol. The molecule has 0 amide bonds. The quantitative estimate of drug-likeness (QED) is 0.660. The topological polar surface area (TPSA) is 85.8 Å². The number of hydrogen-bond acceptors (Lipinski definition) is 7. The fourth-order valence-electron chi connectivity index (χ4n) is 3.79. The number of anilines is 2. The summed E-state index contributed by atoms with van der Waals surface area (Å²) in [5.74, 6) is 3.75. The molecule has 5 rings (SSSR count). The minimum absolute atomic E-state index is 0.535. The van der Waals surface area contributed by atoms with Crippen molar-refractivity contribution in [2.24, 2.45) is 5.92 Å². The molecule has 1 saturated carbocycles. The van der Waals surface area contributed by atoms with Gasteiger partial charge >= 0.3 is 0 Å². The van der Waals surface area contributed by atoms with E-state index in [2.05, 4.69) is 36.6 Å².